The van der Waals surface area contributed by atoms with Gasteiger partial charge in [-0.2, -0.15) is 0 Å². The van der Waals surface area contributed by atoms with E-state index in [1.807, 2.05) is 63.2 Å². The molecule has 0 aliphatic carbocycles. The van der Waals surface area contributed by atoms with E-state index in [1.165, 1.54) is 11.8 Å². The van der Waals surface area contributed by atoms with Gasteiger partial charge in [-0.3, -0.25) is 4.79 Å². The van der Waals surface area contributed by atoms with Gasteiger partial charge in [-0.05, 0) is 44.0 Å². The number of benzene rings is 2. The highest BCUT2D eigenvalue weighted by atomic mass is 32.2. The Morgan fingerprint density at radius 2 is 1.77 bits per heavy atom. The number of carbonyl (C=O) groups is 1. The van der Waals surface area contributed by atoms with E-state index in [2.05, 4.69) is 20.6 Å². The summed E-state index contributed by atoms with van der Waals surface area (Å²) in [6, 6.07) is 13.8. The number of fused-ring (bicyclic) bond motifs is 1. The maximum atomic E-state index is 12.4. The number of para-hydroxylation sites is 2. The molecule has 3 aromatic rings. The molecule has 0 saturated carbocycles. The Morgan fingerprint density at radius 3 is 2.50 bits per heavy atom. The second kappa shape index (κ2) is 8.19. The number of rotatable bonds is 6. The maximum absolute atomic E-state index is 12.4. The quantitative estimate of drug-likeness (QED) is 0.500. The van der Waals surface area contributed by atoms with Crippen molar-refractivity contribution in [2.75, 3.05) is 22.9 Å². The lowest BCUT2D eigenvalue weighted by atomic mass is 10.1. The van der Waals surface area contributed by atoms with Crippen LogP contribution in [-0.2, 0) is 4.79 Å². The largest absolute Gasteiger partial charge is 0.370 e. The molecule has 0 spiro atoms. The number of hydrogen-bond acceptors (Lipinski definition) is 5. The molecule has 1 aromatic heterocycles. The second-order valence-corrected chi connectivity index (χ2v) is 6.95. The fourth-order valence-electron chi connectivity index (χ4n) is 2.74. The Morgan fingerprint density at radius 1 is 1.04 bits per heavy atom. The fraction of sp³-hybridized carbons (Fsp3) is 0.250. The lowest BCUT2D eigenvalue weighted by molar-refractivity contribution is -0.113. The Hall–Kier alpha value is -2.60. The van der Waals surface area contributed by atoms with Gasteiger partial charge in [0, 0.05) is 17.6 Å². The molecule has 1 heterocycles. The van der Waals surface area contributed by atoms with Crippen molar-refractivity contribution in [1.29, 1.82) is 0 Å². The van der Waals surface area contributed by atoms with Crippen molar-refractivity contribution in [3.8, 4) is 0 Å². The van der Waals surface area contributed by atoms with Gasteiger partial charge in [0.2, 0.25) is 5.91 Å². The lowest BCUT2D eigenvalue weighted by Gasteiger charge is -2.12. The molecule has 0 atom stereocenters. The van der Waals surface area contributed by atoms with Crippen LogP contribution in [0, 0.1) is 13.8 Å². The van der Waals surface area contributed by atoms with Gasteiger partial charge < -0.3 is 10.6 Å². The van der Waals surface area contributed by atoms with E-state index in [0.29, 0.717) is 5.16 Å². The van der Waals surface area contributed by atoms with Crippen molar-refractivity contribution >= 4 is 40.1 Å². The highest BCUT2D eigenvalue weighted by Gasteiger charge is 2.11. The maximum Gasteiger partial charge on any atom is 0.234 e. The highest BCUT2D eigenvalue weighted by molar-refractivity contribution is 7.99. The second-order valence-electron chi connectivity index (χ2n) is 6.01. The highest BCUT2D eigenvalue weighted by Crippen LogP contribution is 2.25. The van der Waals surface area contributed by atoms with Crippen molar-refractivity contribution in [1.82, 2.24) is 9.97 Å². The molecule has 26 heavy (non-hydrogen) atoms. The summed E-state index contributed by atoms with van der Waals surface area (Å²) in [7, 11) is 0. The number of anilines is 2. The predicted octanol–water partition coefficient (Wildman–Crippen LogP) is 4.41. The smallest absolute Gasteiger partial charge is 0.234 e. The van der Waals surface area contributed by atoms with E-state index < -0.39 is 0 Å². The zero-order chi connectivity index (χ0) is 18.5. The number of thioether (sulfide) groups is 1. The summed E-state index contributed by atoms with van der Waals surface area (Å²) in [5.74, 6) is 1.00. The summed E-state index contributed by atoms with van der Waals surface area (Å²) < 4.78 is 0. The number of aryl methyl sites for hydroxylation is 2. The molecular formula is C20H22N4OS. The first-order valence-corrected chi connectivity index (χ1v) is 9.56. The zero-order valence-electron chi connectivity index (χ0n) is 15.2. The normalized spacial score (nSPS) is 10.7. The van der Waals surface area contributed by atoms with Gasteiger partial charge in [0.05, 0.1) is 11.3 Å². The van der Waals surface area contributed by atoms with Crippen molar-refractivity contribution in [2.45, 2.75) is 25.9 Å². The van der Waals surface area contributed by atoms with Gasteiger partial charge in [-0.15, -0.1) is 0 Å². The first kappa shape index (κ1) is 18.2. The van der Waals surface area contributed by atoms with E-state index >= 15 is 0 Å². The first-order chi connectivity index (χ1) is 12.6. The Labute approximate surface area is 157 Å². The van der Waals surface area contributed by atoms with Crippen LogP contribution in [0.3, 0.4) is 0 Å². The molecule has 0 unspecified atom stereocenters. The number of nitrogens with one attached hydrogen (secondary N) is 2. The van der Waals surface area contributed by atoms with Crippen LogP contribution in [0.25, 0.3) is 10.9 Å². The van der Waals surface area contributed by atoms with Gasteiger partial charge in [-0.1, -0.05) is 42.1 Å². The van der Waals surface area contributed by atoms with Crippen molar-refractivity contribution in [3.63, 3.8) is 0 Å². The molecule has 2 aromatic carbocycles. The average molecular weight is 366 g/mol. The predicted molar refractivity (Wildman–Crippen MR) is 109 cm³/mol. The Kier molecular flexibility index (Phi) is 5.73. The topological polar surface area (TPSA) is 66.9 Å². The molecule has 1 amide bonds. The molecule has 134 valence electrons. The monoisotopic (exact) mass is 366 g/mol. The molecule has 0 aliphatic heterocycles. The van der Waals surface area contributed by atoms with Crippen LogP contribution >= 0.6 is 11.8 Å². The fourth-order valence-corrected chi connectivity index (χ4v) is 3.39. The van der Waals surface area contributed by atoms with Crippen LogP contribution in [0.2, 0.25) is 0 Å². The van der Waals surface area contributed by atoms with Crippen molar-refractivity contribution < 1.29 is 4.79 Å². The number of hydrogen-bond donors (Lipinski definition) is 2. The molecule has 3 rings (SSSR count). The SMILES string of the molecule is CCNc1nc(SCC(=O)Nc2c(C)cccc2C)nc2ccccc12. The minimum absolute atomic E-state index is 0.0610. The number of nitrogens with zero attached hydrogens (tertiary/aromatic N) is 2. The van der Waals surface area contributed by atoms with Gasteiger partial charge >= 0.3 is 0 Å². The minimum Gasteiger partial charge on any atom is -0.370 e. The van der Waals surface area contributed by atoms with Gasteiger partial charge in [0.15, 0.2) is 5.16 Å². The third kappa shape index (κ3) is 4.14. The van der Waals surface area contributed by atoms with Crippen LogP contribution in [0.1, 0.15) is 18.1 Å². The molecule has 5 nitrogen and oxygen atoms in total. The standard InChI is InChI=1S/C20H22N4OS/c1-4-21-19-15-10-5-6-11-16(15)22-20(24-19)26-12-17(25)23-18-13(2)8-7-9-14(18)3/h5-11H,4,12H2,1-3H3,(H,23,25)(H,21,22,24). The minimum atomic E-state index is -0.0610. The van der Waals surface area contributed by atoms with E-state index in [-0.39, 0.29) is 11.7 Å². The third-order valence-electron chi connectivity index (χ3n) is 4.00. The molecule has 0 saturated heterocycles. The molecule has 0 aliphatic rings. The summed E-state index contributed by atoms with van der Waals surface area (Å²) in [5.41, 5.74) is 3.86. The average Bonchev–Trinajstić information content (AvgIpc) is 2.63. The summed E-state index contributed by atoms with van der Waals surface area (Å²) in [4.78, 5) is 21.5. The third-order valence-corrected chi connectivity index (χ3v) is 4.85. The van der Waals surface area contributed by atoms with Crippen LogP contribution in [-0.4, -0.2) is 28.2 Å². The van der Waals surface area contributed by atoms with Gasteiger partial charge in [-0.25, -0.2) is 9.97 Å². The molecule has 0 radical (unpaired) electrons. The Balaban J connectivity index is 1.74. The van der Waals surface area contributed by atoms with Crippen molar-refractivity contribution in [2.24, 2.45) is 0 Å². The van der Waals surface area contributed by atoms with Crippen molar-refractivity contribution in [3.05, 3.63) is 53.6 Å². The number of amides is 1. The summed E-state index contributed by atoms with van der Waals surface area (Å²) >= 11 is 1.34. The zero-order valence-corrected chi connectivity index (χ0v) is 16.0. The summed E-state index contributed by atoms with van der Waals surface area (Å²) in [6.45, 7) is 6.79. The van der Waals surface area contributed by atoms with Crippen LogP contribution in [0.15, 0.2) is 47.6 Å². The Bertz CT molecular complexity index is 922. The summed E-state index contributed by atoms with van der Waals surface area (Å²) in [6.07, 6.45) is 0. The van der Waals surface area contributed by atoms with Crippen LogP contribution in [0.4, 0.5) is 11.5 Å². The number of aromatic nitrogens is 2. The van der Waals surface area contributed by atoms with Gasteiger partial charge in [0.1, 0.15) is 5.82 Å². The van der Waals surface area contributed by atoms with E-state index in [1.54, 1.807) is 0 Å². The van der Waals surface area contributed by atoms with E-state index in [4.69, 9.17) is 0 Å². The first-order valence-electron chi connectivity index (χ1n) is 8.58. The number of carbonyl (C=O) groups excluding carboxylic acids is 1. The van der Waals surface area contributed by atoms with E-state index in [0.717, 1.165) is 40.1 Å². The molecule has 6 heteroatoms. The molecular weight excluding hydrogens is 344 g/mol. The van der Waals surface area contributed by atoms with E-state index in [9.17, 15) is 4.79 Å². The summed E-state index contributed by atoms with van der Waals surface area (Å²) in [5, 5.41) is 7.84. The lowest BCUT2D eigenvalue weighted by Crippen LogP contribution is -2.16. The molecule has 0 bridgehead atoms. The van der Waals surface area contributed by atoms with Gasteiger partial charge in [0.25, 0.3) is 0 Å². The van der Waals surface area contributed by atoms with Crippen LogP contribution in [0.5, 0.6) is 0 Å². The van der Waals surface area contributed by atoms with Crippen LogP contribution < -0.4 is 10.6 Å². The molecule has 2 N–H and O–H groups in total. The molecule has 0 fully saturated rings.